The van der Waals surface area contributed by atoms with Gasteiger partial charge in [0.2, 0.25) is 0 Å². The zero-order valence-corrected chi connectivity index (χ0v) is 34.7. The van der Waals surface area contributed by atoms with Crippen LogP contribution in [-0.2, 0) is 20.7 Å². The molecule has 8 nitrogen and oxygen atoms in total. The van der Waals surface area contributed by atoms with E-state index in [0.29, 0.717) is 44.7 Å². The van der Waals surface area contributed by atoms with Gasteiger partial charge in [-0.1, -0.05) is 0 Å². The van der Waals surface area contributed by atoms with Crippen molar-refractivity contribution in [1.29, 1.82) is 0 Å². The summed E-state index contributed by atoms with van der Waals surface area (Å²) in [6, 6.07) is 61.9. The molecule has 0 saturated heterocycles. The van der Waals surface area contributed by atoms with Crippen LogP contribution in [0, 0.1) is 20.5 Å². The second kappa shape index (κ2) is 16.7. The Morgan fingerprint density at radius 1 is 0.328 bits per heavy atom. The molecule has 0 spiro atoms. The van der Waals surface area contributed by atoms with Crippen LogP contribution in [-0.4, -0.2) is 6.16 Å². The molecular formula is C46H42Cl2O8P2. The Hall–Kier alpha value is -4.34. The summed E-state index contributed by atoms with van der Waals surface area (Å²) in [4.78, 5) is 0. The third kappa shape index (κ3) is 7.77. The SMILES string of the molecule is [O-][Cl+3]([O-])([O-])OP(CCCc1ccccc1CP(O[Cl+3]([O-])([O-])[O-])(c1ccccc1)(c1ccccc1)c1ccccc1)(c1ccccc1)(c1ccccc1)c1ccccc1. The first kappa shape index (κ1) is 41.8. The molecule has 0 aliphatic carbocycles. The molecule has 7 rings (SSSR count). The Morgan fingerprint density at radius 3 is 0.897 bits per heavy atom. The van der Waals surface area contributed by atoms with Crippen LogP contribution in [0.4, 0.5) is 0 Å². The number of hydrogen-bond donors (Lipinski definition) is 0. The summed E-state index contributed by atoms with van der Waals surface area (Å²) in [5.41, 5.74) is 1.54. The Kier molecular flexibility index (Phi) is 12.1. The van der Waals surface area contributed by atoms with Crippen molar-refractivity contribution in [3.05, 3.63) is 217 Å². The Labute approximate surface area is 343 Å². The zero-order valence-electron chi connectivity index (χ0n) is 31.4. The second-order valence-corrected chi connectivity index (χ2v) is 25.4. The van der Waals surface area contributed by atoms with E-state index in [4.69, 9.17) is 8.15 Å². The number of aryl methyl sites for hydroxylation is 1. The zero-order chi connectivity index (χ0) is 40.8. The molecule has 0 saturated carbocycles. The molecule has 7 aromatic carbocycles. The predicted molar refractivity (Wildman–Crippen MR) is 216 cm³/mol. The fourth-order valence-corrected chi connectivity index (χ4v) is 23.6. The maximum absolute atomic E-state index is 13.2. The third-order valence-electron chi connectivity index (χ3n) is 10.9. The van der Waals surface area contributed by atoms with Crippen LogP contribution in [0.3, 0.4) is 0 Å². The van der Waals surface area contributed by atoms with Gasteiger partial charge >= 0.3 is 345 Å². The van der Waals surface area contributed by atoms with Gasteiger partial charge in [0.1, 0.15) is 0 Å². The molecule has 0 fully saturated rings. The van der Waals surface area contributed by atoms with Crippen molar-refractivity contribution < 1.29 is 56.6 Å². The molecule has 0 bridgehead atoms. The van der Waals surface area contributed by atoms with Gasteiger partial charge < -0.3 is 0 Å². The van der Waals surface area contributed by atoms with Gasteiger partial charge in [-0.15, -0.1) is 0 Å². The Bertz CT molecular complexity index is 2200. The van der Waals surface area contributed by atoms with Crippen molar-refractivity contribution in [3.63, 3.8) is 0 Å². The fraction of sp³-hybridized carbons (Fsp3) is 0.0870. The van der Waals surface area contributed by atoms with Crippen LogP contribution >= 0.6 is 13.7 Å². The van der Waals surface area contributed by atoms with Crippen molar-refractivity contribution in [2.45, 2.75) is 19.0 Å². The summed E-state index contributed by atoms with van der Waals surface area (Å²) in [6.45, 7) is -9.37. The molecule has 12 heteroatoms. The molecule has 298 valence electrons. The van der Waals surface area contributed by atoms with Gasteiger partial charge in [0.15, 0.2) is 0 Å². The summed E-state index contributed by atoms with van der Waals surface area (Å²) in [7, 11) is -9.98. The Morgan fingerprint density at radius 2 is 0.586 bits per heavy atom. The molecule has 0 N–H and O–H groups in total. The van der Waals surface area contributed by atoms with Crippen molar-refractivity contribution in [3.8, 4) is 0 Å². The molecule has 58 heavy (non-hydrogen) atoms. The molecule has 0 unspecified atom stereocenters. The first-order valence-electron chi connectivity index (χ1n) is 18.6. The minimum absolute atomic E-state index is 0.00199. The van der Waals surface area contributed by atoms with Gasteiger partial charge in [-0.3, -0.25) is 0 Å². The summed E-state index contributed by atoms with van der Waals surface area (Å²) < 4.78 is 91.4. The molecule has 0 heterocycles. The summed E-state index contributed by atoms with van der Waals surface area (Å²) in [5.74, 6) is 0. The van der Waals surface area contributed by atoms with E-state index in [1.54, 1.807) is 72.8 Å². The number of benzene rings is 7. The van der Waals surface area contributed by atoms with Gasteiger partial charge in [0.05, 0.1) is 0 Å². The maximum atomic E-state index is 13.2. The molecular weight excluding hydrogens is 813 g/mol. The van der Waals surface area contributed by atoms with Crippen molar-refractivity contribution in [1.82, 2.24) is 0 Å². The number of hydrogen-bond acceptors (Lipinski definition) is 8. The van der Waals surface area contributed by atoms with E-state index in [9.17, 15) is 28.0 Å². The van der Waals surface area contributed by atoms with Crippen molar-refractivity contribution >= 4 is 45.5 Å². The third-order valence-corrected chi connectivity index (χ3v) is 25.2. The monoisotopic (exact) mass is 854 g/mol. The normalized spacial score (nSPS) is 13.8. The molecule has 0 aromatic heterocycles. The quantitative estimate of drug-likeness (QED) is 0.134. The minimum atomic E-state index is -5.01. The van der Waals surface area contributed by atoms with E-state index in [2.05, 4.69) is 0 Å². The van der Waals surface area contributed by atoms with Crippen molar-refractivity contribution in [2.24, 2.45) is 0 Å². The van der Waals surface area contributed by atoms with E-state index in [-0.39, 0.29) is 12.3 Å². The standard InChI is InChI=1S/C46H42Cl2O8P2/c49-47(50,51)55-57(41-25-7-1-8-26-41,42-27-9-2-10-28-42,43-29-11-3-12-30-43)37-21-24-39-22-19-20-23-40(39)38-58(56-48(52,53)54,44-31-13-4-14-32-44,45-33-15-5-16-34-45)46-35-17-6-18-36-46/h1-20,22-23,25-36H,21,24,37-38H2. The van der Waals surface area contributed by atoms with E-state index < -0.39 is 34.1 Å². The van der Waals surface area contributed by atoms with E-state index in [0.717, 1.165) is 11.1 Å². The molecule has 0 aliphatic heterocycles. The predicted octanol–water partition coefficient (Wildman–Crippen LogP) is 1.84. The van der Waals surface area contributed by atoms with Crippen LogP contribution in [0.25, 0.3) is 0 Å². The van der Waals surface area contributed by atoms with Crippen molar-refractivity contribution in [2.75, 3.05) is 6.16 Å². The van der Waals surface area contributed by atoms with Gasteiger partial charge in [-0.2, -0.15) is 0 Å². The van der Waals surface area contributed by atoms with Crippen LogP contribution in [0.5, 0.6) is 0 Å². The van der Waals surface area contributed by atoms with E-state index in [1.807, 2.05) is 133 Å². The van der Waals surface area contributed by atoms with E-state index >= 15 is 0 Å². The first-order valence-corrected chi connectivity index (χ1v) is 25.7. The fourth-order valence-electron chi connectivity index (χ4n) is 8.54. The molecule has 0 aliphatic rings. The van der Waals surface area contributed by atoms with Gasteiger partial charge in [-0.05, 0) is 0 Å². The summed E-state index contributed by atoms with van der Waals surface area (Å²) in [5, 5.41) is 3.34. The summed E-state index contributed by atoms with van der Waals surface area (Å²) in [6.07, 6.45) is 0.802. The molecule has 0 radical (unpaired) electrons. The van der Waals surface area contributed by atoms with Gasteiger partial charge in [0.25, 0.3) is 0 Å². The molecule has 0 atom stereocenters. The van der Waals surface area contributed by atoms with Crippen LogP contribution < -0.4 is 59.8 Å². The topological polar surface area (TPSA) is 157 Å². The molecule has 7 aromatic rings. The van der Waals surface area contributed by atoms with Crippen LogP contribution in [0.2, 0.25) is 0 Å². The Balaban J connectivity index is 1.43. The van der Waals surface area contributed by atoms with Gasteiger partial charge in [0, 0.05) is 0 Å². The average Bonchev–Trinajstić information content (AvgIpc) is 3.25. The van der Waals surface area contributed by atoms with Gasteiger partial charge in [-0.25, -0.2) is 0 Å². The first-order chi connectivity index (χ1) is 27.9. The number of halogens is 2. The second-order valence-electron chi connectivity index (χ2n) is 14.1. The summed E-state index contributed by atoms with van der Waals surface area (Å²) >= 11 is 0. The number of rotatable bonds is 16. The molecule has 0 amide bonds. The van der Waals surface area contributed by atoms with E-state index in [1.165, 1.54) is 0 Å². The van der Waals surface area contributed by atoms with Crippen LogP contribution in [0.15, 0.2) is 206 Å². The average molecular weight is 856 g/mol. The van der Waals surface area contributed by atoms with Crippen LogP contribution in [0.1, 0.15) is 17.5 Å².